The Morgan fingerprint density at radius 3 is 1.40 bits per heavy atom. The van der Waals surface area contributed by atoms with Gasteiger partial charge in [0.1, 0.15) is 5.75 Å². The minimum Gasteiger partial charge on any atom is -0.507 e. The molecule has 0 spiro atoms. The van der Waals surface area contributed by atoms with E-state index in [0.717, 1.165) is 43.1 Å². The van der Waals surface area contributed by atoms with Crippen LogP contribution in [0.5, 0.6) is 5.75 Å². The molecule has 0 atom stereocenters. The Kier molecular flexibility index (Phi) is 3.12. The Bertz CT molecular complexity index is 1220. The Hall–Kier alpha value is -2.48. The summed E-state index contributed by atoms with van der Waals surface area (Å²) in [5.74, 6) is 0.307. The highest BCUT2D eigenvalue weighted by molar-refractivity contribution is 6.32. The van der Waals surface area contributed by atoms with Crippen LogP contribution in [0.2, 0.25) is 10.0 Å². The summed E-state index contributed by atoms with van der Waals surface area (Å²) < 4.78 is 0. The van der Waals surface area contributed by atoms with Gasteiger partial charge in [0.15, 0.2) is 0 Å². The van der Waals surface area contributed by atoms with Crippen LogP contribution in [0.25, 0.3) is 43.1 Å². The second-order valence-corrected chi connectivity index (χ2v) is 7.23. The second kappa shape index (κ2) is 5.26. The molecule has 0 saturated carbocycles. The van der Waals surface area contributed by atoms with Gasteiger partial charge in [0.25, 0.3) is 0 Å². The number of fused-ring (bicyclic) bond motifs is 4. The van der Waals surface area contributed by atoms with Crippen molar-refractivity contribution in [3.8, 4) is 5.75 Å². The fourth-order valence-electron chi connectivity index (χ4n) is 3.53. The highest BCUT2D eigenvalue weighted by Crippen LogP contribution is 2.38. The summed E-state index contributed by atoms with van der Waals surface area (Å²) in [6, 6.07) is 21.8. The van der Waals surface area contributed by atoms with Crippen molar-refractivity contribution in [3.63, 3.8) is 0 Å². The lowest BCUT2D eigenvalue weighted by Crippen LogP contribution is -1.82. The van der Waals surface area contributed by atoms with E-state index in [2.05, 4.69) is 18.2 Å². The van der Waals surface area contributed by atoms with Crippen molar-refractivity contribution in [1.29, 1.82) is 0 Å². The minimum atomic E-state index is 0.307. The van der Waals surface area contributed by atoms with Gasteiger partial charge < -0.3 is 5.11 Å². The van der Waals surface area contributed by atoms with Gasteiger partial charge in [0.2, 0.25) is 0 Å². The van der Waals surface area contributed by atoms with Crippen molar-refractivity contribution in [2.45, 2.75) is 0 Å². The van der Waals surface area contributed by atoms with Crippen molar-refractivity contribution < 1.29 is 5.11 Å². The summed E-state index contributed by atoms with van der Waals surface area (Å²) in [5, 5.41) is 20.2. The highest BCUT2D eigenvalue weighted by atomic mass is 35.5. The normalized spacial score (nSPS) is 11.8. The number of aromatic hydroxyl groups is 1. The standard InChI is InChI=1S/C22H12Cl2O/c23-18-3-1-12-10-20-16(5-14(12)8-18)7-17-6-15-9-19(24)4-2-13(15)11-21(17)22(20)25/h1-11,25H. The van der Waals surface area contributed by atoms with Crippen molar-refractivity contribution in [1.82, 2.24) is 0 Å². The molecule has 5 aromatic rings. The van der Waals surface area contributed by atoms with Crippen LogP contribution in [0, 0.1) is 0 Å². The lowest BCUT2D eigenvalue weighted by Gasteiger charge is -2.10. The summed E-state index contributed by atoms with van der Waals surface area (Å²) in [4.78, 5) is 0. The zero-order valence-corrected chi connectivity index (χ0v) is 14.6. The monoisotopic (exact) mass is 362 g/mol. The summed E-state index contributed by atoms with van der Waals surface area (Å²) in [6.07, 6.45) is 0. The number of phenols is 1. The topological polar surface area (TPSA) is 20.2 Å². The van der Waals surface area contributed by atoms with Crippen LogP contribution in [-0.4, -0.2) is 5.11 Å². The van der Waals surface area contributed by atoms with Crippen molar-refractivity contribution >= 4 is 66.3 Å². The number of phenolic OH excluding ortho intramolecular Hbond substituents is 1. The third-order valence-corrected chi connectivity index (χ3v) is 5.23. The molecule has 3 heteroatoms. The molecule has 0 aliphatic rings. The molecule has 0 aliphatic heterocycles. The molecule has 0 aliphatic carbocycles. The molecule has 1 nitrogen and oxygen atoms in total. The molecule has 0 fully saturated rings. The molecule has 0 heterocycles. The predicted octanol–water partition coefficient (Wildman–Crippen LogP) is 7.31. The van der Waals surface area contributed by atoms with E-state index in [1.54, 1.807) is 0 Å². The molecule has 0 unspecified atom stereocenters. The van der Waals surface area contributed by atoms with E-state index in [1.165, 1.54) is 0 Å². The largest absolute Gasteiger partial charge is 0.507 e. The summed E-state index contributed by atoms with van der Waals surface area (Å²) >= 11 is 12.2. The SMILES string of the molecule is Oc1c2cc3ccc(Cl)cc3cc2cc2cc3cc(Cl)ccc3cc12. The zero-order valence-electron chi connectivity index (χ0n) is 13.1. The van der Waals surface area contributed by atoms with Gasteiger partial charge in [-0.25, -0.2) is 0 Å². The Balaban J connectivity index is 1.94. The molecule has 0 aromatic heterocycles. The molecule has 0 amide bonds. The van der Waals surface area contributed by atoms with Crippen molar-refractivity contribution in [3.05, 3.63) is 76.8 Å². The van der Waals surface area contributed by atoms with Crippen LogP contribution in [0.4, 0.5) is 0 Å². The first-order valence-electron chi connectivity index (χ1n) is 7.96. The van der Waals surface area contributed by atoms with Gasteiger partial charge in [-0.15, -0.1) is 0 Å². The van der Waals surface area contributed by atoms with E-state index in [4.69, 9.17) is 23.2 Å². The average Bonchev–Trinajstić information content (AvgIpc) is 2.59. The van der Waals surface area contributed by atoms with Gasteiger partial charge in [-0.2, -0.15) is 0 Å². The van der Waals surface area contributed by atoms with E-state index in [0.29, 0.717) is 15.8 Å². The molecule has 0 saturated heterocycles. The van der Waals surface area contributed by atoms with Gasteiger partial charge in [0.05, 0.1) is 0 Å². The number of hydrogen-bond acceptors (Lipinski definition) is 1. The minimum absolute atomic E-state index is 0.307. The van der Waals surface area contributed by atoms with E-state index in [-0.39, 0.29) is 0 Å². The molecule has 120 valence electrons. The molecule has 0 bridgehead atoms. The lowest BCUT2D eigenvalue weighted by atomic mass is 9.96. The van der Waals surface area contributed by atoms with Gasteiger partial charge >= 0.3 is 0 Å². The smallest absolute Gasteiger partial charge is 0.131 e. The van der Waals surface area contributed by atoms with Crippen LogP contribution in [-0.2, 0) is 0 Å². The van der Waals surface area contributed by atoms with Crippen molar-refractivity contribution in [2.24, 2.45) is 0 Å². The summed E-state index contributed by atoms with van der Waals surface area (Å²) in [5.41, 5.74) is 0. The van der Waals surface area contributed by atoms with Crippen molar-refractivity contribution in [2.75, 3.05) is 0 Å². The quantitative estimate of drug-likeness (QED) is 0.286. The van der Waals surface area contributed by atoms with Gasteiger partial charge in [-0.3, -0.25) is 0 Å². The van der Waals surface area contributed by atoms with Gasteiger partial charge in [-0.05, 0) is 86.9 Å². The fraction of sp³-hybridized carbons (Fsp3) is 0. The van der Waals surface area contributed by atoms with E-state index in [9.17, 15) is 5.11 Å². The zero-order chi connectivity index (χ0) is 17.1. The highest BCUT2D eigenvalue weighted by Gasteiger charge is 2.10. The van der Waals surface area contributed by atoms with Crippen LogP contribution < -0.4 is 0 Å². The maximum absolute atomic E-state index is 10.9. The van der Waals surface area contributed by atoms with Gasteiger partial charge in [-0.1, -0.05) is 35.3 Å². The molecule has 5 rings (SSSR count). The maximum atomic E-state index is 10.9. The Morgan fingerprint density at radius 2 is 0.920 bits per heavy atom. The molecular weight excluding hydrogens is 351 g/mol. The number of rotatable bonds is 0. The lowest BCUT2D eigenvalue weighted by molar-refractivity contribution is 0.488. The summed E-state index contributed by atoms with van der Waals surface area (Å²) in [7, 11) is 0. The van der Waals surface area contributed by atoms with E-state index in [1.807, 2.05) is 48.5 Å². The molecule has 1 N–H and O–H groups in total. The third kappa shape index (κ3) is 2.31. The molecule has 5 aromatic carbocycles. The average molecular weight is 363 g/mol. The maximum Gasteiger partial charge on any atom is 0.131 e. The first-order chi connectivity index (χ1) is 12.1. The first-order valence-corrected chi connectivity index (χ1v) is 8.72. The van der Waals surface area contributed by atoms with Crippen LogP contribution >= 0.6 is 23.2 Å². The third-order valence-electron chi connectivity index (χ3n) is 4.76. The van der Waals surface area contributed by atoms with Gasteiger partial charge in [0, 0.05) is 20.8 Å². The number of benzene rings is 5. The summed E-state index contributed by atoms with van der Waals surface area (Å²) in [6.45, 7) is 0. The Labute approximate surface area is 154 Å². The van der Waals surface area contributed by atoms with Crippen LogP contribution in [0.1, 0.15) is 0 Å². The second-order valence-electron chi connectivity index (χ2n) is 6.35. The molecular formula is C22H12Cl2O. The molecule has 0 radical (unpaired) electrons. The number of halogens is 2. The van der Waals surface area contributed by atoms with E-state index >= 15 is 0 Å². The van der Waals surface area contributed by atoms with Crippen LogP contribution in [0.15, 0.2) is 66.7 Å². The fourth-order valence-corrected chi connectivity index (χ4v) is 3.90. The Morgan fingerprint density at radius 1 is 0.480 bits per heavy atom. The van der Waals surface area contributed by atoms with E-state index < -0.39 is 0 Å². The number of hydrogen-bond donors (Lipinski definition) is 1. The van der Waals surface area contributed by atoms with Crippen LogP contribution in [0.3, 0.4) is 0 Å². The predicted molar refractivity (Wildman–Crippen MR) is 108 cm³/mol. The molecule has 25 heavy (non-hydrogen) atoms. The first kappa shape index (κ1) is 14.8.